The summed E-state index contributed by atoms with van der Waals surface area (Å²) in [5, 5.41) is 0. The molecule has 4 nitrogen and oxygen atoms in total. The molecular formula is C27H24F4N2O2. The van der Waals surface area contributed by atoms with Crippen LogP contribution < -0.4 is 9.80 Å². The van der Waals surface area contributed by atoms with Crippen molar-refractivity contribution in [1.29, 1.82) is 0 Å². The Morgan fingerprint density at radius 1 is 0.971 bits per heavy atom. The molecule has 0 aliphatic carbocycles. The normalized spacial score (nSPS) is 17.6. The first kappa shape index (κ1) is 24.4. The molecule has 35 heavy (non-hydrogen) atoms. The van der Waals surface area contributed by atoms with Crippen molar-refractivity contribution < 1.29 is 27.2 Å². The lowest BCUT2D eigenvalue weighted by atomic mass is 9.89. The van der Waals surface area contributed by atoms with Crippen LogP contribution in [0.25, 0.3) is 0 Å². The molecule has 2 amide bonds. The van der Waals surface area contributed by atoms with Crippen LogP contribution in [0, 0.1) is 5.82 Å². The number of para-hydroxylation sites is 1. The van der Waals surface area contributed by atoms with Crippen molar-refractivity contribution in [3.63, 3.8) is 0 Å². The second-order valence-electron chi connectivity index (χ2n) is 8.50. The zero-order valence-electron chi connectivity index (χ0n) is 19.2. The summed E-state index contributed by atoms with van der Waals surface area (Å²) < 4.78 is 52.7. The first-order valence-electron chi connectivity index (χ1n) is 11.3. The van der Waals surface area contributed by atoms with Gasteiger partial charge in [-0.05, 0) is 73.5 Å². The molecule has 1 aliphatic rings. The third kappa shape index (κ3) is 4.78. The number of carbonyl (C=O) groups is 2. The van der Waals surface area contributed by atoms with Crippen molar-refractivity contribution in [1.82, 2.24) is 0 Å². The van der Waals surface area contributed by atoms with Crippen LogP contribution in [0.2, 0.25) is 0 Å². The summed E-state index contributed by atoms with van der Waals surface area (Å²) in [5.41, 5.74) is 1.21. The van der Waals surface area contributed by atoms with Gasteiger partial charge in [-0.25, -0.2) is 4.39 Å². The van der Waals surface area contributed by atoms with Crippen LogP contribution in [0.15, 0.2) is 72.8 Å². The molecule has 0 spiro atoms. The maximum atomic E-state index is 13.4. The van der Waals surface area contributed by atoms with Gasteiger partial charge in [-0.15, -0.1) is 0 Å². The molecule has 1 heterocycles. The third-order valence-corrected chi connectivity index (χ3v) is 6.23. The molecule has 0 saturated heterocycles. The number of halogens is 4. The number of hydrogen-bond donors (Lipinski definition) is 0. The first-order valence-corrected chi connectivity index (χ1v) is 11.3. The van der Waals surface area contributed by atoms with Gasteiger partial charge in [-0.3, -0.25) is 9.59 Å². The van der Waals surface area contributed by atoms with E-state index in [1.54, 1.807) is 30.0 Å². The van der Waals surface area contributed by atoms with E-state index in [4.69, 9.17) is 0 Å². The van der Waals surface area contributed by atoms with Gasteiger partial charge < -0.3 is 9.80 Å². The fraction of sp³-hybridized carbons (Fsp3) is 0.259. The van der Waals surface area contributed by atoms with E-state index in [2.05, 4.69) is 0 Å². The second kappa shape index (κ2) is 9.52. The largest absolute Gasteiger partial charge is 0.416 e. The molecule has 0 bridgehead atoms. The van der Waals surface area contributed by atoms with E-state index in [0.717, 1.165) is 12.1 Å². The Morgan fingerprint density at radius 2 is 1.60 bits per heavy atom. The highest BCUT2D eigenvalue weighted by atomic mass is 19.4. The summed E-state index contributed by atoms with van der Waals surface area (Å²) in [6.07, 6.45) is -3.95. The Labute approximate surface area is 200 Å². The van der Waals surface area contributed by atoms with Gasteiger partial charge in [-0.1, -0.05) is 25.1 Å². The highest BCUT2D eigenvalue weighted by Crippen LogP contribution is 2.43. The van der Waals surface area contributed by atoms with Crippen LogP contribution in [-0.4, -0.2) is 17.9 Å². The summed E-state index contributed by atoms with van der Waals surface area (Å²) in [7, 11) is 0. The highest BCUT2D eigenvalue weighted by Gasteiger charge is 2.39. The van der Waals surface area contributed by atoms with Gasteiger partial charge in [0.25, 0.3) is 5.91 Å². The summed E-state index contributed by atoms with van der Waals surface area (Å²) in [4.78, 5) is 29.6. The van der Waals surface area contributed by atoms with Crippen LogP contribution in [0.1, 0.15) is 54.2 Å². The van der Waals surface area contributed by atoms with E-state index in [1.165, 1.54) is 41.3 Å². The Bertz CT molecular complexity index is 1220. The van der Waals surface area contributed by atoms with E-state index in [-0.39, 0.29) is 24.3 Å². The van der Waals surface area contributed by atoms with Gasteiger partial charge in [0, 0.05) is 29.4 Å². The Hall–Kier alpha value is -3.68. The van der Waals surface area contributed by atoms with Crippen LogP contribution in [-0.2, 0) is 11.0 Å². The number of amides is 2. The van der Waals surface area contributed by atoms with Crippen LogP contribution in [0.5, 0.6) is 0 Å². The topological polar surface area (TPSA) is 40.6 Å². The van der Waals surface area contributed by atoms with Crippen molar-refractivity contribution in [2.24, 2.45) is 0 Å². The molecule has 8 heteroatoms. The molecule has 3 aromatic rings. The van der Waals surface area contributed by atoms with Crippen molar-refractivity contribution in [3.8, 4) is 0 Å². The second-order valence-corrected chi connectivity index (χ2v) is 8.50. The fourth-order valence-corrected chi connectivity index (χ4v) is 4.55. The summed E-state index contributed by atoms with van der Waals surface area (Å²) >= 11 is 0. The lowest BCUT2D eigenvalue weighted by Gasteiger charge is -2.43. The Balaban J connectivity index is 1.76. The SMILES string of the molecule is CCC(=O)N(c1ccc(C(F)(F)F)cc1)[C@@H]1C[C@H](C)N(C(=O)c2ccc(F)cc2)c2ccccc21. The monoisotopic (exact) mass is 484 g/mol. The highest BCUT2D eigenvalue weighted by molar-refractivity contribution is 6.07. The molecule has 0 saturated carbocycles. The summed E-state index contributed by atoms with van der Waals surface area (Å²) in [6.45, 7) is 3.55. The number of anilines is 2. The van der Waals surface area contributed by atoms with E-state index in [9.17, 15) is 27.2 Å². The van der Waals surface area contributed by atoms with Crippen molar-refractivity contribution in [3.05, 3.63) is 95.3 Å². The minimum atomic E-state index is -4.48. The number of carbonyl (C=O) groups excluding carboxylic acids is 2. The van der Waals surface area contributed by atoms with Gasteiger partial charge >= 0.3 is 6.18 Å². The summed E-state index contributed by atoms with van der Waals surface area (Å²) in [6, 6.07) is 16.2. The molecule has 0 N–H and O–H groups in total. The quantitative estimate of drug-likeness (QED) is 0.384. The van der Waals surface area contributed by atoms with E-state index in [1.807, 2.05) is 13.0 Å². The summed E-state index contributed by atoms with van der Waals surface area (Å²) in [5.74, 6) is -0.986. The molecular weight excluding hydrogens is 460 g/mol. The molecule has 1 aliphatic heterocycles. The minimum Gasteiger partial charge on any atom is -0.305 e. The van der Waals surface area contributed by atoms with Crippen molar-refractivity contribution >= 4 is 23.2 Å². The number of rotatable bonds is 4. The van der Waals surface area contributed by atoms with Crippen molar-refractivity contribution in [2.45, 2.75) is 44.9 Å². The van der Waals surface area contributed by atoms with Gasteiger partial charge in [0.15, 0.2) is 0 Å². The average Bonchev–Trinajstić information content (AvgIpc) is 2.84. The van der Waals surface area contributed by atoms with Gasteiger partial charge in [0.05, 0.1) is 11.6 Å². The maximum absolute atomic E-state index is 13.4. The number of hydrogen-bond acceptors (Lipinski definition) is 2. The molecule has 0 fully saturated rings. The number of alkyl halides is 3. The Morgan fingerprint density at radius 3 is 2.20 bits per heavy atom. The van der Waals surface area contributed by atoms with E-state index in [0.29, 0.717) is 28.9 Å². The Kier molecular flexibility index (Phi) is 6.65. The molecule has 0 radical (unpaired) electrons. The third-order valence-electron chi connectivity index (χ3n) is 6.23. The zero-order chi connectivity index (χ0) is 25.3. The minimum absolute atomic E-state index is 0.159. The predicted octanol–water partition coefficient (Wildman–Crippen LogP) is 6.77. The first-order chi connectivity index (χ1) is 16.6. The molecule has 0 aromatic heterocycles. The van der Waals surface area contributed by atoms with Gasteiger partial charge in [0.2, 0.25) is 5.91 Å². The standard InChI is InChI=1S/C27H24F4N2O2/c1-3-25(34)33(21-14-10-19(11-15-21)27(29,30)31)24-16-17(2)32(23-7-5-4-6-22(23)24)26(35)18-8-12-20(28)13-9-18/h4-15,17,24H,3,16H2,1-2H3/t17-,24+/m0/s1. The number of fused-ring (bicyclic) bond motifs is 1. The predicted molar refractivity (Wildman–Crippen MR) is 126 cm³/mol. The van der Waals surface area contributed by atoms with Crippen molar-refractivity contribution in [2.75, 3.05) is 9.80 Å². The van der Waals surface area contributed by atoms with Crippen LogP contribution in [0.3, 0.4) is 0 Å². The number of benzene rings is 3. The zero-order valence-corrected chi connectivity index (χ0v) is 19.2. The van der Waals surface area contributed by atoms with Crippen LogP contribution in [0.4, 0.5) is 28.9 Å². The number of nitrogens with zero attached hydrogens (tertiary/aromatic N) is 2. The van der Waals surface area contributed by atoms with E-state index < -0.39 is 23.6 Å². The molecule has 3 aromatic carbocycles. The maximum Gasteiger partial charge on any atom is 0.416 e. The smallest absolute Gasteiger partial charge is 0.305 e. The average molecular weight is 484 g/mol. The molecule has 0 unspecified atom stereocenters. The van der Waals surface area contributed by atoms with Gasteiger partial charge in [-0.2, -0.15) is 13.2 Å². The van der Waals surface area contributed by atoms with Gasteiger partial charge in [0.1, 0.15) is 5.82 Å². The molecule has 4 rings (SSSR count). The molecule has 2 atom stereocenters. The van der Waals surface area contributed by atoms with E-state index >= 15 is 0 Å². The lowest BCUT2D eigenvalue weighted by Crippen LogP contribution is -2.47. The lowest BCUT2D eigenvalue weighted by molar-refractivity contribution is -0.137. The fourth-order valence-electron chi connectivity index (χ4n) is 4.55. The molecule has 182 valence electrons. The van der Waals surface area contributed by atoms with Crippen LogP contribution >= 0.6 is 0 Å².